The van der Waals surface area contributed by atoms with Crippen molar-refractivity contribution >= 4 is 11.4 Å². The molecular formula is C22H18O. The molecule has 0 spiro atoms. The van der Waals surface area contributed by atoms with Gasteiger partial charge in [-0.05, 0) is 29.2 Å². The van der Waals surface area contributed by atoms with E-state index in [9.17, 15) is 4.79 Å². The summed E-state index contributed by atoms with van der Waals surface area (Å²) in [5.41, 5.74) is 4.70. The van der Waals surface area contributed by atoms with Crippen LogP contribution in [0.5, 0.6) is 0 Å². The molecule has 2 bridgehead atoms. The summed E-state index contributed by atoms with van der Waals surface area (Å²) < 4.78 is 0. The van der Waals surface area contributed by atoms with Crippen LogP contribution in [-0.4, -0.2) is 5.78 Å². The second-order valence-corrected chi connectivity index (χ2v) is 6.13. The van der Waals surface area contributed by atoms with Gasteiger partial charge in [0, 0.05) is 17.4 Å². The summed E-state index contributed by atoms with van der Waals surface area (Å²) in [7, 11) is 0. The lowest BCUT2D eigenvalue weighted by atomic mass is 9.90. The van der Waals surface area contributed by atoms with Gasteiger partial charge in [0.15, 0.2) is 5.78 Å². The van der Waals surface area contributed by atoms with E-state index in [1.807, 2.05) is 42.5 Å². The van der Waals surface area contributed by atoms with Crippen molar-refractivity contribution in [1.29, 1.82) is 0 Å². The van der Waals surface area contributed by atoms with Gasteiger partial charge in [0.05, 0.1) is 0 Å². The van der Waals surface area contributed by atoms with Crippen molar-refractivity contribution in [3.8, 4) is 0 Å². The van der Waals surface area contributed by atoms with E-state index >= 15 is 0 Å². The molecule has 0 saturated heterocycles. The Morgan fingerprint density at radius 3 is 2.26 bits per heavy atom. The molecular weight excluding hydrogens is 280 g/mol. The van der Waals surface area contributed by atoms with Gasteiger partial charge in [-0.25, -0.2) is 0 Å². The zero-order valence-electron chi connectivity index (χ0n) is 12.9. The Morgan fingerprint density at radius 1 is 0.870 bits per heavy atom. The maximum Gasteiger partial charge on any atom is 0.185 e. The fourth-order valence-electron chi connectivity index (χ4n) is 3.63. The van der Waals surface area contributed by atoms with Crippen LogP contribution in [0, 0.1) is 11.8 Å². The highest BCUT2D eigenvalue weighted by atomic mass is 16.1. The predicted molar refractivity (Wildman–Crippen MR) is 94.0 cm³/mol. The number of allylic oxidation sites excluding steroid dienone is 6. The summed E-state index contributed by atoms with van der Waals surface area (Å²) in [5, 5.41) is 0. The Bertz CT molecular complexity index is 810. The Morgan fingerprint density at radius 2 is 1.52 bits per heavy atom. The summed E-state index contributed by atoms with van der Waals surface area (Å²) in [4.78, 5) is 12.3. The molecule has 2 aliphatic rings. The van der Waals surface area contributed by atoms with E-state index in [-0.39, 0.29) is 5.78 Å². The summed E-state index contributed by atoms with van der Waals surface area (Å²) in [5.74, 6) is 1.01. The molecule has 2 aromatic carbocycles. The van der Waals surface area contributed by atoms with Gasteiger partial charge in [-0.2, -0.15) is 0 Å². The first-order valence-corrected chi connectivity index (χ1v) is 8.08. The molecule has 0 aliphatic heterocycles. The van der Waals surface area contributed by atoms with Crippen LogP contribution in [0.25, 0.3) is 5.57 Å². The maximum atomic E-state index is 12.3. The second-order valence-electron chi connectivity index (χ2n) is 6.13. The lowest BCUT2D eigenvalue weighted by molar-refractivity contribution is 0.104. The molecule has 0 aromatic heterocycles. The van der Waals surface area contributed by atoms with E-state index < -0.39 is 0 Å². The van der Waals surface area contributed by atoms with Gasteiger partial charge in [-0.3, -0.25) is 4.79 Å². The van der Waals surface area contributed by atoms with Gasteiger partial charge in [0.25, 0.3) is 0 Å². The normalized spacial score (nSPS) is 22.3. The number of carbonyl (C=O) groups excluding carboxylic acids is 1. The molecule has 1 nitrogen and oxygen atoms in total. The number of benzene rings is 2. The third-order valence-electron chi connectivity index (χ3n) is 4.72. The van der Waals surface area contributed by atoms with Crippen molar-refractivity contribution in [2.24, 2.45) is 11.8 Å². The van der Waals surface area contributed by atoms with Crippen LogP contribution in [0.3, 0.4) is 0 Å². The molecule has 2 unspecified atom stereocenters. The fraction of sp³-hybridized carbons (Fsp3) is 0.136. The molecule has 0 saturated carbocycles. The standard InChI is InChI=1S/C22H18O/c23-21(16-7-3-1-4-8-16)14-13-20-18-11-12-19(15-18)22(20)17-9-5-2-6-10-17/h1-14,18-19H,15H2. The zero-order chi connectivity index (χ0) is 15.6. The summed E-state index contributed by atoms with van der Waals surface area (Å²) >= 11 is 0. The van der Waals surface area contributed by atoms with E-state index in [2.05, 4.69) is 36.4 Å². The highest BCUT2D eigenvalue weighted by Gasteiger charge is 2.34. The monoisotopic (exact) mass is 298 g/mol. The van der Waals surface area contributed by atoms with Crippen molar-refractivity contribution in [3.63, 3.8) is 0 Å². The number of carbonyl (C=O) groups is 1. The predicted octanol–water partition coefficient (Wildman–Crippen LogP) is 5.09. The molecule has 23 heavy (non-hydrogen) atoms. The van der Waals surface area contributed by atoms with Gasteiger partial charge >= 0.3 is 0 Å². The summed E-state index contributed by atoms with van der Waals surface area (Å²) in [6.45, 7) is 0. The van der Waals surface area contributed by atoms with Gasteiger partial charge in [0.1, 0.15) is 0 Å². The van der Waals surface area contributed by atoms with Crippen LogP contribution in [0.15, 0.2) is 90.5 Å². The Labute approximate surface area is 136 Å². The van der Waals surface area contributed by atoms with Gasteiger partial charge < -0.3 is 0 Å². The first kappa shape index (κ1) is 14.0. The van der Waals surface area contributed by atoms with E-state index in [0.717, 1.165) is 12.0 Å². The molecule has 112 valence electrons. The molecule has 0 heterocycles. The van der Waals surface area contributed by atoms with Crippen LogP contribution in [0.2, 0.25) is 0 Å². The minimum atomic E-state index is 0.0669. The van der Waals surface area contributed by atoms with Crippen LogP contribution in [0.4, 0.5) is 0 Å². The van der Waals surface area contributed by atoms with Crippen molar-refractivity contribution in [1.82, 2.24) is 0 Å². The molecule has 2 atom stereocenters. The second kappa shape index (κ2) is 5.85. The Kier molecular flexibility index (Phi) is 3.55. The van der Waals surface area contributed by atoms with E-state index in [0.29, 0.717) is 11.8 Å². The van der Waals surface area contributed by atoms with Gasteiger partial charge in [-0.15, -0.1) is 0 Å². The van der Waals surface area contributed by atoms with Crippen LogP contribution >= 0.6 is 0 Å². The number of hydrogen-bond donors (Lipinski definition) is 0. The van der Waals surface area contributed by atoms with Crippen molar-refractivity contribution in [2.45, 2.75) is 6.42 Å². The van der Waals surface area contributed by atoms with Gasteiger partial charge in [-0.1, -0.05) is 78.9 Å². The molecule has 2 aromatic rings. The Hall–Kier alpha value is -2.67. The number of rotatable bonds is 4. The lowest BCUT2D eigenvalue weighted by Crippen LogP contribution is -1.98. The molecule has 4 rings (SSSR count). The van der Waals surface area contributed by atoms with Crippen molar-refractivity contribution in [3.05, 3.63) is 102 Å². The minimum Gasteiger partial charge on any atom is -0.289 e. The maximum absolute atomic E-state index is 12.3. The van der Waals surface area contributed by atoms with Crippen molar-refractivity contribution < 1.29 is 4.79 Å². The largest absolute Gasteiger partial charge is 0.289 e. The highest BCUT2D eigenvalue weighted by Crippen LogP contribution is 2.48. The fourth-order valence-corrected chi connectivity index (χ4v) is 3.63. The minimum absolute atomic E-state index is 0.0669. The molecule has 0 radical (unpaired) electrons. The SMILES string of the molecule is O=C(C=CC1=C(c2ccccc2)C2C=CC1C2)c1ccccc1. The third-order valence-corrected chi connectivity index (χ3v) is 4.72. The molecule has 1 heteroatoms. The molecule has 2 aliphatic carbocycles. The first-order valence-electron chi connectivity index (χ1n) is 8.08. The highest BCUT2D eigenvalue weighted by molar-refractivity contribution is 6.05. The quantitative estimate of drug-likeness (QED) is 0.437. The Balaban J connectivity index is 1.67. The van der Waals surface area contributed by atoms with E-state index in [1.165, 1.54) is 16.7 Å². The molecule has 0 N–H and O–H groups in total. The first-order chi connectivity index (χ1) is 11.3. The summed E-state index contributed by atoms with van der Waals surface area (Å²) in [6.07, 6.45) is 9.49. The topological polar surface area (TPSA) is 17.1 Å². The average molecular weight is 298 g/mol. The zero-order valence-corrected chi connectivity index (χ0v) is 12.9. The van der Waals surface area contributed by atoms with Crippen LogP contribution < -0.4 is 0 Å². The average Bonchev–Trinajstić information content (AvgIpc) is 3.22. The smallest absolute Gasteiger partial charge is 0.185 e. The van der Waals surface area contributed by atoms with Crippen LogP contribution in [0.1, 0.15) is 22.3 Å². The number of hydrogen-bond acceptors (Lipinski definition) is 1. The lowest BCUT2D eigenvalue weighted by Gasteiger charge is -2.14. The van der Waals surface area contributed by atoms with Gasteiger partial charge in [0.2, 0.25) is 0 Å². The number of fused-ring (bicyclic) bond motifs is 2. The van der Waals surface area contributed by atoms with Crippen LogP contribution in [-0.2, 0) is 0 Å². The molecule has 0 fully saturated rings. The summed E-state index contributed by atoms with van der Waals surface area (Å²) in [6, 6.07) is 20.0. The third kappa shape index (κ3) is 2.59. The van der Waals surface area contributed by atoms with E-state index in [1.54, 1.807) is 6.08 Å². The van der Waals surface area contributed by atoms with Crippen molar-refractivity contribution in [2.75, 3.05) is 0 Å². The number of ketones is 1. The molecule has 0 amide bonds. The van der Waals surface area contributed by atoms with E-state index in [4.69, 9.17) is 0 Å².